The van der Waals surface area contributed by atoms with Crippen molar-refractivity contribution in [1.29, 1.82) is 0 Å². The molecule has 5 N–H and O–H groups in total. The quantitative estimate of drug-likeness (QED) is 0.338. The summed E-state index contributed by atoms with van der Waals surface area (Å²) < 4.78 is 0. The van der Waals surface area contributed by atoms with Crippen LogP contribution in [0.3, 0.4) is 0 Å². The standard InChI is InChI=1S/C27H26N4O3/c1-2-17-8-10-19(11-9-17)26(33)31-23(18-6-4-3-5-7-18)24(32)27(34)30-21-12-13-22-20(16-21)14-15-29-25(22)28/h3-16,23-24,32H,2H2,1H3,(H2,28,29)(H,30,34)(H,31,33). The number of carbonyl (C=O) groups is 2. The highest BCUT2D eigenvalue weighted by Crippen LogP contribution is 2.24. The fourth-order valence-electron chi connectivity index (χ4n) is 3.77. The van der Waals surface area contributed by atoms with Gasteiger partial charge >= 0.3 is 0 Å². The maximum Gasteiger partial charge on any atom is 0.255 e. The monoisotopic (exact) mass is 454 g/mol. The lowest BCUT2D eigenvalue weighted by Gasteiger charge is -2.24. The lowest BCUT2D eigenvalue weighted by molar-refractivity contribution is -0.125. The number of carbonyl (C=O) groups excluding carboxylic acids is 2. The minimum absolute atomic E-state index is 0.378. The van der Waals surface area contributed by atoms with E-state index in [-0.39, 0.29) is 5.91 Å². The van der Waals surface area contributed by atoms with Crippen molar-refractivity contribution in [3.05, 3.63) is 102 Å². The molecule has 0 spiro atoms. The molecule has 0 aliphatic rings. The molecular formula is C27H26N4O3. The van der Waals surface area contributed by atoms with E-state index in [0.717, 1.165) is 22.8 Å². The van der Waals surface area contributed by atoms with Gasteiger partial charge < -0.3 is 21.5 Å². The Hall–Kier alpha value is -4.23. The first-order valence-electron chi connectivity index (χ1n) is 11.0. The van der Waals surface area contributed by atoms with E-state index in [4.69, 9.17) is 5.73 Å². The molecule has 0 fully saturated rings. The summed E-state index contributed by atoms with van der Waals surface area (Å²) in [4.78, 5) is 30.0. The molecule has 0 aliphatic carbocycles. The molecular weight excluding hydrogens is 428 g/mol. The smallest absolute Gasteiger partial charge is 0.255 e. The number of pyridine rings is 1. The number of hydrogen-bond donors (Lipinski definition) is 4. The van der Waals surface area contributed by atoms with Crippen molar-refractivity contribution >= 4 is 34.1 Å². The highest BCUT2D eigenvalue weighted by molar-refractivity contribution is 6.00. The number of aryl methyl sites for hydroxylation is 1. The van der Waals surface area contributed by atoms with Crippen molar-refractivity contribution in [2.45, 2.75) is 25.5 Å². The predicted octanol–water partition coefficient (Wildman–Crippen LogP) is 3.85. The van der Waals surface area contributed by atoms with E-state index in [0.29, 0.717) is 22.6 Å². The molecule has 4 rings (SSSR count). The zero-order chi connectivity index (χ0) is 24.1. The maximum atomic E-state index is 13.0. The van der Waals surface area contributed by atoms with Gasteiger partial charge in [0.15, 0.2) is 6.10 Å². The van der Waals surface area contributed by atoms with E-state index in [1.165, 1.54) is 0 Å². The second-order valence-electron chi connectivity index (χ2n) is 7.98. The van der Waals surface area contributed by atoms with Gasteiger partial charge in [-0.3, -0.25) is 9.59 Å². The number of aliphatic hydroxyl groups excluding tert-OH is 1. The molecule has 4 aromatic rings. The van der Waals surface area contributed by atoms with Gasteiger partial charge in [-0.2, -0.15) is 0 Å². The number of nitrogen functional groups attached to an aromatic ring is 1. The molecule has 0 saturated heterocycles. The van der Waals surface area contributed by atoms with Gasteiger partial charge in [0, 0.05) is 22.8 Å². The fourth-order valence-corrected chi connectivity index (χ4v) is 3.77. The van der Waals surface area contributed by atoms with E-state index in [1.54, 1.807) is 66.9 Å². The number of hydrogen-bond acceptors (Lipinski definition) is 5. The summed E-state index contributed by atoms with van der Waals surface area (Å²) in [5, 5.41) is 18.1. The van der Waals surface area contributed by atoms with Gasteiger partial charge in [0.05, 0.1) is 6.04 Å². The average Bonchev–Trinajstić information content (AvgIpc) is 2.87. The number of anilines is 2. The lowest BCUT2D eigenvalue weighted by atomic mass is 9.99. The van der Waals surface area contributed by atoms with Gasteiger partial charge in [0.1, 0.15) is 5.82 Å². The molecule has 172 valence electrons. The third-order valence-corrected chi connectivity index (χ3v) is 5.72. The average molecular weight is 455 g/mol. The SMILES string of the molecule is CCc1ccc(C(=O)NC(c2ccccc2)C(O)C(=O)Nc2ccc3c(N)nccc3c2)cc1. The lowest BCUT2D eigenvalue weighted by Crippen LogP contribution is -2.42. The molecule has 7 nitrogen and oxygen atoms in total. The van der Waals surface area contributed by atoms with Crippen LogP contribution in [0, 0.1) is 0 Å². The summed E-state index contributed by atoms with van der Waals surface area (Å²) in [5.41, 5.74) is 8.56. The van der Waals surface area contributed by atoms with Crippen LogP contribution in [0.25, 0.3) is 10.8 Å². The molecule has 0 saturated carbocycles. The fraction of sp³-hybridized carbons (Fsp3) is 0.148. The summed E-state index contributed by atoms with van der Waals surface area (Å²) >= 11 is 0. The summed E-state index contributed by atoms with van der Waals surface area (Å²) in [6.07, 6.45) is 0.928. The van der Waals surface area contributed by atoms with Crippen LogP contribution in [0.2, 0.25) is 0 Å². The van der Waals surface area contributed by atoms with Crippen molar-refractivity contribution in [1.82, 2.24) is 10.3 Å². The number of aliphatic hydroxyl groups is 1. The highest BCUT2D eigenvalue weighted by atomic mass is 16.3. The number of benzene rings is 3. The second kappa shape index (κ2) is 10.1. The molecule has 7 heteroatoms. The summed E-state index contributed by atoms with van der Waals surface area (Å²) in [5.74, 6) is -0.622. The van der Waals surface area contributed by atoms with Crippen LogP contribution in [0.5, 0.6) is 0 Å². The Morgan fingerprint density at radius 3 is 2.44 bits per heavy atom. The second-order valence-corrected chi connectivity index (χ2v) is 7.98. The number of nitrogens with zero attached hydrogens (tertiary/aromatic N) is 1. The van der Waals surface area contributed by atoms with Crippen molar-refractivity contribution in [3.63, 3.8) is 0 Å². The Bertz CT molecular complexity index is 1310. The molecule has 2 amide bonds. The van der Waals surface area contributed by atoms with Gasteiger partial charge in [-0.15, -0.1) is 0 Å². The number of aromatic nitrogens is 1. The Balaban J connectivity index is 1.55. The van der Waals surface area contributed by atoms with Crippen LogP contribution in [0.15, 0.2) is 85.1 Å². The number of nitrogens with two attached hydrogens (primary N) is 1. The van der Waals surface area contributed by atoms with Crippen LogP contribution in [-0.4, -0.2) is 28.0 Å². The van der Waals surface area contributed by atoms with Crippen LogP contribution >= 0.6 is 0 Å². The molecule has 1 heterocycles. The molecule has 0 aliphatic heterocycles. The Morgan fingerprint density at radius 1 is 1.00 bits per heavy atom. The largest absolute Gasteiger partial charge is 0.383 e. The third-order valence-electron chi connectivity index (χ3n) is 5.72. The van der Waals surface area contributed by atoms with Crippen LogP contribution in [0.4, 0.5) is 11.5 Å². The first-order chi connectivity index (χ1) is 16.5. The van der Waals surface area contributed by atoms with Crippen molar-refractivity contribution in [2.24, 2.45) is 0 Å². The molecule has 34 heavy (non-hydrogen) atoms. The molecule has 2 unspecified atom stereocenters. The zero-order valence-corrected chi connectivity index (χ0v) is 18.7. The van der Waals surface area contributed by atoms with Crippen molar-refractivity contribution < 1.29 is 14.7 Å². The van der Waals surface area contributed by atoms with Crippen LogP contribution < -0.4 is 16.4 Å². The Labute approximate surface area is 197 Å². The maximum absolute atomic E-state index is 13.0. The van der Waals surface area contributed by atoms with Gasteiger partial charge in [0.2, 0.25) is 0 Å². The molecule has 3 aromatic carbocycles. The predicted molar refractivity (Wildman–Crippen MR) is 133 cm³/mol. The minimum atomic E-state index is -1.53. The third kappa shape index (κ3) is 5.05. The summed E-state index contributed by atoms with van der Waals surface area (Å²) in [6.45, 7) is 2.04. The van der Waals surface area contributed by atoms with Gasteiger partial charge in [-0.05, 0) is 59.3 Å². The molecule has 0 radical (unpaired) electrons. The number of fused-ring (bicyclic) bond motifs is 1. The normalized spacial score (nSPS) is 12.6. The highest BCUT2D eigenvalue weighted by Gasteiger charge is 2.29. The zero-order valence-electron chi connectivity index (χ0n) is 18.7. The topological polar surface area (TPSA) is 117 Å². The van der Waals surface area contributed by atoms with E-state index in [2.05, 4.69) is 15.6 Å². The molecule has 0 bridgehead atoms. The number of rotatable bonds is 7. The molecule has 1 aromatic heterocycles. The van der Waals surface area contributed by atoms with Gasteiger partial charge in [-0.1, -0.05) is 49.4 Å². The van der Waals surface area contributed by atoms with Crippen molar-refractivity contribution in [2.75, 3.05) is 11.1 Å². The Morgan fingerprint density at radius 2 is 1.74 bits per heavy atom. The number of amides is 2. The van der Waals surface area contributed by atoms with Crippen LogP contribution in [-0.2, 0) is 11.2 Å². The minimum Gasteiger partial charge on any atom is -0.383 e. The Kier molecular flexibility index (Phi) is 6.85. The summed E-state index contributed by atoms with van der Waals surface area (Å²) in [6, 6.07) is 22.2. The molecule has 2 atom stereocenters. The van der Waals surface area contributed by atoms with E-state index < -0.39 is 18.1 Å². The summed E-state index contributed by atoms with van der Waals surface area (Å²) in [7, 11) is 0. The van der Waals surface area contributed by atoms with E-state index in [1.807, 2.05) is 25.1 Å². The van der Waals surface area contributed by atoms with Gasteiger partial charge in [-0.25, -0.2) is 4.98 Å². The van der Waals surface area contributed by atoms with E-state index >= 15 is 0 Å². The van der Waals surface area contributed by atoms with Crippen LogP contribution in [0.1, 0.15) is 34.5 Å². The first-order valence-corrected chi connectivity index (χ1v) is 11.0. The van der Waals surface area contributed by atoms with Gasteiger partial charge in [0.25, 0.3) is 11.8 Å². The van der Waals surface area contributed by atoms with Crippen molar-refractivity contribution in [3.8, 4) is 0 Å². The van der Waals surface area contributed by atoms with E-state index in [9.17, 15) is 14.7 Å². The number of nitrogens with one attached hydrogen (secondary N) is 2. The first kappa shape index (κ1) is 22.9.